The first-order valence-electron chi connectivity index (χ1n) is 8.90. The molecule has 2 rings (SSSR count). The molecule has 1 saturated heterocycles. The Morgan fingerprint density at radius 1 is 1.38 bits per heavy atom. The molecular weight excluding hydrogens is 338 g/mol. The highest BCUT2D eigenvalue weighted by atomic mass is 16.6. The fraction of sp³-hybridized carbons (Fsp3) is 0.556. The van der Waals surface area contributed by atoms with Crippen molar-refractivity contribution in [2.45, 2.75) is 45.6 Å². The molecule has 1 amide bonds. The molecule has 1 aliphatic heterocycles. The first kappa shape index (κ1) is 19.7. The Kier molecular flexibility index (Phi) is 6.54. The van der Waals surface area contributed by atoms with Gasteiger partial charge in [-0.25, -0.2) is 4.79 Å². The molecule has 8 heteroatoms. The number of nitro groups is 1. The molecule has 1 unspecified atom stereocenters. The molecule has 1 aromatic rings. The fourth-order valence-electron chi connectivity index (χ4n) is 3.12. The Morgan fingerprint density at radius 3 is 2.58 bits per heavy atom. The van der Waals surface area contributed by atoms with Crippen molar-refractivity contribution in [3.05, 3.63) is 33.9 Å². The van der Waals surface area contributed by atoms with Gasteiger partial charge in [0.15, 0.2) is 0 Å². The van der Waals surface area contributed by atoms with Crippen molar-refractivity contribution in [2.24, 2.45) is 5.92 Å². The normalized spacial score (nSPS) is 16.2. The van der Waals surface area contributed by atoms with E-state index in [1.807, 2.05) is 11.8 Å². The molecule has 0 saturated carbocycles. The summed E-state index contributed by atoms with van der Waals surface area (Å²) < 4.78 is 0. The molecule has 142 valence electrons. The number of anilines is 1. The number of carboxylic acids is 1. The number of carbonyl (C=O) groups excluding carboxylic acids is 1. The second-order valence-corrected chi connectivity index (χ2v) is 6.78. The Hall–Kier alpha value is -2.64. The van der Waals surface area contributed by atoms with Crippen LogP contribution in [0.1, 0.15) is 49.9 Å². The monoisotopic (exact) mass is 363 g/mol. The molecule has 0 aromatic heterocycles. The maximum absolute atomic E-state index is 12.3. The van der Waals surface area contributed by atoms with E-state index in [2.05, 4.69) is 12.2 Å². The Morgan fingerprint density at radius 2 is 2.04 bits per heavy atom. The molecule has 0 aliphatic carbocycles. The summed E-state index contributed by atoms with van der Waals surface area (Å²) in [6.45, 7) is 5.46. The Bertz CT molecular complexity index is 683. The summed E-state index contributed by atoms with van der Waals surface area (Å²) in [5, 5.41) is 23.1. The number of hydrogen-bond donors (Lipinski definition) is 2. The largest absolute Gasteiger partial charge is 0.480 e. The average molecular weight is 363 g/mol. The minimum absolute atomic E-state index is 0.0909. The highest BCUT2D eigenvalue weighted by molar-refractivity contribution is 5.97. The number of nitrogens with one attached hydrogen (secondary N) is 1. The van der Waals surface area contributed by atoms with Crippen molar-refractivity contribution >= 4 is 23.3 Å². The summed E-state index contributed by atoms with van der Waals surface area (Å²) >= 11 is 0. The summed E-state index contributed by atoms with van der Waals surface area (Å²) in [6, 6.07) is 3.32. The molecule has 8 nitrogen and oxygen atoms in total. The van der Waals surface area contributed by atoms with Crippen molar-refractivity contribution in [3.63, 3.8) is 0 Å². The lowest BCUT2D eigenvalue weighted by atomic mass is 9.98. The second-order valence-electron chi connectivity index (χ2n) is 6.78. The number of aliphatic carboxylic acids is 1. The molecule has 0 spiro atoms. The van der Waals surface area contributed by atoms with Crippen molar-refractivity contribution in [1.29, 1.82) is 0 Å². The van der Waals surface area contributed by atoms with Crippen LogP contribution in [-0.2, 0) is 4.79 Å². The van der Waals surface area contributed by atoms with E-state index in [9.17, 15) is 19.7 Å². The molecule has 0 bridgehead atoms. The number of carbonyl (C=O) groups is 2. The minimum Gasteiger partial charge on any atom is -0.480 e. The van der Waals surface area contributed by atoms with E-state index in [1.165, 1.54) is 12.1 Å². The molecule has 26 heavy (non-hydrogen) atoms. The topological polar surface area (TPSA) is 113 Å². The van der Waals surface area contributed by atoms with Crippen LogP contribution < -0.4 is 10.2 Å². The number of nitro benzene ring substituents is 1. The maximum atomic E-state index is 12.3. The fourth-order valence-corrected chi connectivity index (χ4v) is 3.12. The first-order valence-corrected chi connectivity index (χ1v) is 8.90. The van der Waals surface area contributed by atoms with Crippen LogP contribution in [0.4, 0.5) is 11.4 Å². The molecule has 1 heterocycles. The summed E-state index contributed by atoms with van der Waals surface area (Å²) in [5.41, 5.74) is 0.463. The predicted molar refractivity (Wildman–Crippen MR) is 97.5 cm³/mol. The van der Waals surface area contributed by atoms with E-state index in [1.54, 1.807) is 6.07 Å². The average Bonchev–Trinajstić information content (AvgIpc) is 2.61. The molecule has 1 fully saturated rings. The van der Waals surface area contributed by atoms with Crippen molar-refractivity contribution < 1.29 is 19.6 Å². The van der Waals surface area contributed by atoms with Crippen LogP contribution in [0.2, 0.25) is 0 Å². The lowest BCUT2D eigenvalue weighted by Gasteiger charge is -2.31. The molecule has 1 aliphatic rings. The minimum atomic E-state index is -1.12. The van der Waals surface area contributed by atoms with Gasteiger partial charge < -0.3 is 15.3 Å². The zero-order valence-corrected chi connectivity index (χ0v) is 15.1. The summed E-state index contributed by atoms with van der Waals surface area (Å²) in [7, 11) is 0. The lowest BCUT2D eigenvalue weighted by molar-refractivity contribution is -0.384. The SMILES string of the molecule is CCCC(NC(=O)c1ccc(N2CCC(C)CC2)c([N+](=O)[O-])c1)C(=O)O. The van der Waals surface area contributed by atoms with Gasteiger partial charge in [-0.05, 0) is 37.3 Å². The van der Waals surface area contributed by atoms with Gasteiger partial charge in [0.1, 0.15) is 11.7 Å². The highest BCUT2D eigenvalue weighted by Crippen LogP contribution is 2.32. The number of rotatable bonds is 7. The zero-order chi connectivity index (χ0) is 19.3. The van der Waals surface area contributed by atoms with E-state index in [0.717, 1.165) is 25.9 Å². The van der Waals surface area contributed by atoms with Gasteiger partial charge in [-0.1, -0.05) is 20.3 Å². The molecule has 1 aromatic carbocycles. The van der Waals surface area contributed by atoms with Crippen molar-refractivity contribution in [1.82, 2.24) is 5.32 Å². The lowest BCUT2D eigenvalue weighted by Crippen LogP contribution is -2.40. The third-order valence-corrected chi connectivity index (χ3v) is 4.74. The number of carboxylic acid groups (broad SMARTS) is 1. The van der Waals surface area contributed by atoms with E-state index < -0.39 is 22.8 Å². The van der Waals surface area contributed by atoms with Gasteiger partial charge >= 0.3 is 5.97 Å². The number of benzene rings is 1. The molecule has 0 radical (unpaired) electrons. The Balaban J connectivity index is 2.23. The van der Waals surface area contributed by atoms with Gasteiger partial charge in [0.2, 0.25) is 0 Å². The van der Waals surface area contributed by atoms with Gasteiger partial charge in [0.25, 0.3) is 11.6 Å². The quantitative estimate of drug-likeness (QED) is 0.569. The second kappa shape index (κ2) is 8.64. The van der Waals surface area contributed by atoms with Gasteiger partial charge in [0, 0.05) is 24.7 Å². The van der Waals surface area contributed by atoms with Crippen LogP contribution in [0.3, 0.4) is 0 Å². The predicted octanol–water partition coefficient (Wildman–Crippen LogP) is 2.81. The van der Waals surface area contributed by atoms with Crippen LogP contribution in [0.5, 0.6) is 0 Å². The number of nitrogens with zero attached hydrogens (tertiary/aromatic N) is 2. The van der Waals surface area contributed by atoms with E-state index in [-0.39, 0.29) is 11.3 Å². The first-order chi connectivity index (χ1) is 12.3. The molecular formula is C18H25N3O5. The van der Waals surface area contributed by atoms with E-state index in [0.29, 0.717) is 24.4 Å². The van der Waals surface area contributed by atoms with Crippen LogP contribution in [0.15, 0.2) is 18.2 Å². The number of amides is 1. The zero-order valence-electron chi connectivity index (χ0n) is 15.1. The summed E-state index contributed by atoms with van der Waals surface area (Å²) in [4.78, 5) is 36.5. The summed E-state index contributed by atoms with van der Waals surface area (Å²) in [5.74, 6) is -1.14. The molecule has 2 N–H and O–H groups in total. The van der Waals surface area contributed by atoms with E-state index >= 15 is 0 Å². The van der Waals surface area contributed by atoms with Crippen LogP contribution >= 0.6 is 0 Å². The van der Waals surface area contributed by atoms with Gasteiger partial charge in [-0.3, -0.25) is 14.9 Å². The van der Waals surface area contributed by atoms with Gasteiger partial charge in [-0.15, -0.1) is 0 Å². The van der Waals surface area contributed by atoms with E-state index in [4.69, 9.17) is 5.11 Å². The molecule has 1 atom stereocenters. The number of hydrogen-bond acceptors (Lipinski definition) is 5. The van der Waals surface area contributed by atoms with Gasteiger partial charge in [0.05, 0.1) is 4.92 Å². The maximum Gasteiger partial charge on any atom is 0.326 e. The van der Waals surface area contributed by atoms with Crippen molar-refractivity contribution in [3.8, 4) is 0 Å². The summed E-state index contributed by atoms with van der Waals surface area (Å²) in [6.07, 6.45) is 2.84. The highest BCUT2D eigenvalue weighted by Gasteiger charge is 2.26. The smallest absolute Gasteiger partial charge is 0.326 e. The number of piperidine rings is 1. The van der Waals surface area contributed by atoms with Gasteiger partial charge in [-0.2, -0.15) is 0 Å². The third-order valence-electron chi connectivity index (χ3n) is 4.74. The van der Waals surface area contributed by atoms with Crippen LogP contribution in [0.25, 0.3) is 0 Å². The standard InChI is InChI=1S/C18H25N3O5/c1-3-4-14(18(23)24)19-17(22)13-5-6-15(16(11-13)21(25)26)20-9-7-12(2)8-10-20/h5-6,11-12,14H,3-4,7-10H2,1-2H3,(H,19,22)(H,23,24). The Labute approximate surface area is 152 Å². The van der Waals surface area contributed by atoms with Crippen LogP contribution in [0, 0.1) is 16.0 Å². The third kappa shape index (κ3) is 4.71. The van der Waals surface area contributed by atoms with Crippen molar-refractivity contribution in [2.75, 3.05) is 18.0 Å². The van der Waals surface area contributed by atoms with Crippen LogP contribution in [-0.4, -0.2) is 41.0 Å².